The number of ether oxygens (including phenoxy) is 3. The number of anilines is 1. The molecule has 4 rings (SSSR count). The van der Waals surface area contributed by atoms with E-state index in [1.54, 1.807) is 35.2 Å². The number of benzene rings is 2. The number of carboxylic acids is 1. The molecular formula is C29H33ClN2O8S. The summed E-state index contributed by atoms with van der Waals surface area (Å²) in [4.78, 5) is 31.6. The van der Waals surface area contributed by atoms with E-state index in [4.69, 9.17) is 30.9 Å². The molecular weight excluding hydrogens is 572 g/mol. The molecule has 0 saturated carbocycles. The number of para-hydroxylation sites is 1. The topological polar surface area (TPSA) is 139 Å². The minimum absolute atomic E-state index is 0.0594. The predicted molar refractivity (Wildman–Crippen MR) is 154 cm³/mol. The maximum atomic E-state index is 14.2. The van der Waals surface area contributed by atoms with Crippen molar-refractivity contribution in [3.63, 3.8) is 0 Å². The second-order valence-electron chi connectivity index (χ2n) is 10.5. The molecule has 0 bridgehead atoms. The molecule has 1 unspecified atom stereocenters. The molecule has 12 heteroatoms. The molecule has 3 aromatic rings. The number of hydrogen-bond donors (Lipinski definition) is 3. The molecule has 0 spiro atoms. The van der Waals surface area contributed by atoms with Gasteiger partial charge in [0.25, 0.3) is 5.91 Å². The molecule has 3 N–H and O–H groups in total. The van der Waals surface area contributed by atoms with Crippen molar-refractivity contribution in [2.75, 3.05) is 32.3 Å². The number of aliphatic hydroxyl groups excluding tert-OH is 2. The minimum atomic E-state index is -1.22. The number of rotatable bonds is 11. The molecule has 1 aromatic heterocycles. The normalized spacial score (nSPS) is 18.0. The van der Waals surface area contributed by atoms with Crippen LogP contribution in [0.1, 0.15) is 53.5 Å². The molecule has 220 valence electrons. The van der Waals surface area contributed by atoms with Gasteiger partial charge in [0.1, 0.15) is 18.3 Å². The van der Waals surface area contributed by atoms with Gasteiger partial charge in [-0.2, -0.15) is 0 Å². The maximum absolute atomic E-state index is 14.2. The Bertz CT molecular complexity index is 1410. The average molecular weight is 605 g/mol. The number of amides is 1. The van der Waals surface area contributed by atoms with Crippen molar-refractivity contribution in [3.05, 3.63) is 68.6 Å². The van der Waals surface area contributed by atoms with Crippen molar-refractivity contribution in [3.8, 4) is 11.5 Å². The molecule has 0 fully saturated rings. The number of halogens is 1. The van der Waals surface area contributed by atoms with Gasteiger partial charge in [0.2, 0.25) is 0 Å². The van der Waals surface area contributed by atoms with E-state index in [1.807, 2.05) is 19.9 Å². The Morgan fingerprint density at radius 3 is 2.63 bits per heavy atom. The van der Waals surface area contributed by atoms with Crippen molar-refractivity contribution in [1.82, 2.24) is 4.98 Å². The first-order valence-corrected chi connectivity index (χ1v) is 14.1. The highest BCUT2D eigenvalue weighted by molar-refractivity contribution is 7.11. The van der Waals surface area contributed by atoms with Gasteiger partial charge < -0.3 is 34.4 Å². The largest absolute Gasteiger partial charge is 0.493 e. The zero-order valence-electron chi connectivity index (χ0n) is 23.2. The van der Waals surface area contributed by atoms with Crippen LogP contribution < -0.4 is 14.4 Å². The number of thiazole rings is 1. The number of hydrogen-bond acceptors (Lipinski definition) is 9. The van der Waals surface area contributed by atoms with E-state index in [1.165, 1.54) is 20.4 Å². The van der Waals surface area contributed by atoms with Crippen LogP contribution in [0.5, 0.6) is 11.5 Å². The van der Waals surface area contributed by atoms with Crippen LogP contribution >= 0.6 is 22.9 Å². The Morgan fingerprint density at radius 2 is 1.98 bits per heavy atom. The van der Waals surface area contributed by atoms with Gasteiger partial charge >= 0.3 is 5.97 Å². The number of aromatic nitrogens is 1. The Hall–Kier alpha value is -3.22. The van der Waals surface area contributed by atoms with E-state index in [0.717, 1.165) is 11.3 Å². The van der Waals surface area contributed by atoms with Crippen LogP contribution in [0.15, 0.2) is 42.6 Å². The number of carbonyl (C=O) groups is 2. The van der Waals surface area contributed by atoms with Gasteiger partial charge in [-0.1, -0.05) is 37.6 Å². The predicted octanol–water partition coefficient (Wildman–Crippen LogP) is 4.40. The van der Waals surface area contributed by atoms with E-state index in [-0.39, 0.29) is 25.5 Å². The van der Waals surface area contributed by atoms with Crippen LogP contribution in [0.2, 0.25) is 5.02 Å². The third-order valence-corrected chi connectivity index (χ3v) is 8.12. The number of nitrogens with zero attached hydrogens (tertiary/aromatic N) is 2. The van der Waals surface area contributed by atoms with E-state index < -0.39 is 36.1 Å². The number of carbonyl (C=O) groups excluding carboxylic acids is 1. The zero-order valence-corrected chi connectivity index (χ0v) is 24.7. The monoisotopic (exact) mass is 604 g/mol. The van der Waals surface area contributed by atoms with Crippen molar-refractivity contribution >= 4 is 40.5 Å². The first-order valence-electron chi connectivity index (χ1n) is 12.9. The second kappa shape index (κ2) is 12.7. The lowest BCUT2D eigenvalue weighted by Gasteiger charge is -2.32. The van der Waals surface area contributed by atoms with Crippen LogP contribution in [0, 0.1) is 5.41 Å². The summed E-state index contributed by atoms with van der Waals surface area (Å²) in [5.41, 5.74) is 1.19. The number of fused-ring (bicyclic) bond motifs is 1. The van der Waals surface area contributed by atoms with Crippen molar-refractivity contribution < 1.29 is 39.1 Å². The van der Waals surface area contributed by atoms with Crippen LogP contribution in [0.25, 0.3) is 0 Å². The molecule has 2 heterocycles. The summed E-state index contributed by atoms with van der Waals surface area (Å²) in [6.45, 7) is 3.75. The molecule has 3 atom stereocenters. The van der Waals surface area contributed by atoms with Gasteiger partial charge in [0.15, 0.2) is 11.5 Å². The van der Waals surface area contributed by atoms with Gasteiger partial charge in [0.05, 0.1) is 30.5 Å². The quantitative estimate of drug-likeness (QED) is 0.290. The number of aliphatic carboxylic acids is 1. The Labute approximate surface area is 247 Å². The average Bonchev–Trinajstić information content (AvgIpc) is 3.38. The van der Waals surface area contributed by atoms with Crippen LogP contribution in [0.4, 0.5) is 5.69 Å². The van der Waals surface area contributed by atoms with Crippen LogP contribution in [-0.2, 0) is 20.7 Å². The fraction of sp³-hybridized carbons (Fsp3) is 0.414. The SMILES string of the molecule is COc1cccc([C@H]2O[C@H](Cc3ncc(C(O)CC(=O)O)s3)C(=O)N(CC(C)(C)CO)c3ccc(Cl)cc32)c1OC. The van der Waals surface area contributed by atoms with Crippen molar-refractivity contribution in [2.45, 2.75) is 45.0 Å². The molecule has 41 heavy (non-hydrogen) atoms. The van der Waals surface area contributed by atoms with Gasteiger partial charge in [-0.05, 0) is 24.3 Å². The lowest BCUT2D eigenvalue weighted by atomic mass is 9.92. The summed E-state index contributed by atoms with van der Waals surface area (Å²) in [5.74, 6) is -0.556. The molecule has 1 aliphatic heterocycles. The van der Waals surface area contributed by atoms with Gasteiger partial charge in [-0.3, -0.25) is 9.59 Å². The molecule has 0 aliphatic carbocycles. The Kier molecular flexibility index (Phi) is 9.55. The fourth-order valence-corrected chi connectivity index (χ4v) is 5.82. The first kappa shape index (κ1) is 30.7. The van der Waals surface area contributed by atoms with Gasteiger partial charge in [-0.25, -0.2) is 4.98 Å². The standard InChI is InChI=1S/C29H33ClN2O8S/c1-29(2,15-33)14-32-19-9-8-16(30)10-18(19)26(17-6-5-7-21(38-3)27(17)39-4)40-22(28(32)37)12-24-31-13-23(41-24)20(34)11-25(35)36/h5-10,13,20,22,26,33-34H,11-12,14-15H2,1-4H3,(H,35,36)/t20?,22-,26-/m1/s1. The van der Waals surface area contributed by atoms with E-state index in [9.17, 15) is 19.8 Å². The summed E-state index contributed by atoms with van der Waals surface area (Å²) in [6.07, 6.45) is -2.04. The highest BCUT2D eigenvalue weighted by atomic mass is 35.5. The second-order valence-corrected chi connectivity index (χ2v) is 12.1. The molecule has 1 amide bonds. The highest BCUT2D eigenvalue weighted by Gasteiger charge is 2.40. The first-order chi connectivity index (χ1) is 19.5. The van der Waals surface area contributed by atoms with E-state index >= 15 is 0 Å². The summed E-state index contributed by atoms with van der Waals surface area (Å²) in [5, 5.41) is 30.3. The van der Waals surface area contributed by atoms with E-state index in [0.29, 0.717) is 43.2 Å². The Morgan fingerprint density at radius 1 is 1.22 bits per heavy atom. The molecule has 0 radical (unpaired) electrons. The maximum Gasteiger partial charge on any atom is 0.306 e. The van der Waals surface area contributed by atoms with E-state index in [2.05, 4.69) is 4.98 Å². The summed E-state index contributed by atoms with van der Waals surface area (Å²) >= 11 is 7.59. The lowest BCUT2D eigenvalue weighted by molar-refractivity contribution is -0.139. The lowest BCUT2D eigenvalue weighted by Crippen LogP contribution is -2.45. The number of aliphatic hydroxyl groups is 2. The highest BCUT2D eigenvalue weighted by Crippen LogP contribution is 2.45. The summed E-state index contributed by atoms with van der Waals surface area (Å²) < 4.78 is 17.9. The van der Waals surface area contributed by atoms with Crippen LogP contribution in [-0.4, -0.2) is 65.7 Å². The van der Waals surface area contributed by atoms with Crippen molar-refractivity contribution in [1.29, 1.82) is 0 Å². The van der Waals surface area contributed by atoms with Gasteiger partial charge in [-0.15, -0.1) is 11.3 Å². The third-order valence-electron chi connectivity index (χ3n) is 6.76. The van der Waals surface area contributed by atoms with Gasteiger partial charge in [0, 0.05) is 53.0 Å². The molecule has 0 saturated heterocycles. The third kappa shape index (κ3) is 6.82. The summed E-state index contributed by atoms with van der Waals surface area (Å²) in [7, 11) is 3.05. The van der Waals surface area contributed by atoms with Crippen LogP contribution in [0.3, 0.4) is 0 Å². The zero-order chi connectivity index (χ0) is 29.9. The molecule has 10 nitrogen and oxygen atoms in total. The number of carboxylic acid groups (broad SMARTS) is 1. The number of methoxy groups -OCH3 is 2. The molecule has 2 aromatic carbocycles. The fourth-order valence-electron chi connectivity index (χ4n) is 4.70. The Balaban J connectivity index is 1.84. The minimum Gasteiger partial charge on any atom is -0.493 e. The summed E-state index contributed by atoms with van der Waals surface area (Å²) in [6, 6.07) is 10.6. The van der Waals surface area contributed by atoms with Crippen molar-refractivity contribution in [2.24, 2.45) is 5.41 Å². The smallest absolute Gasteiger partial charge is 0.306 e. The molecule has 1 aliphatic rings.